The molecule has 4 aromatic carbocycles. The molecule has 230 valence electrons. The second kappa shape index (κ2) is 17.5. The fraction of sp³-hybridized carbons (Fsp3) is 0.381. The van der Waals surface area contributed by atoms with Crippen LogP contribution in [0.3, 0.4) is 0 Å². The molecule has 0 spiro atoms. The van der Waals surface area contributed by atoms with E-state index in [1.54, 1.807) is 0 Å². The number of hydrogen-bond acceptors (Lipinski definition) is 2. The van der Waals surface area contributed by atoms with E-state index in [4.69, 9.17) is 10.2 Å². The van der Waals surface area contributed by atoms with Crippen molar-refractivity contribution < 1.29 is 0 Å². The van der Waals surface area contributed by atoms with Crippen LogP contribution in [0.15, 0.2) is 101 Å². The minimum Gasteiger partial charge on any atom is -0.155 e. The predicted octanol–water partition coefficient (Wildman–Crippen LogP) is 13.3. The van der Waals surface area contributed by atoms with E-state index in [0.29, 0.717) is 0 Å². The standard InChI is InChI=1S/C42H52N2/c1-6-9-12-15-26-38-29-34(28-37(33(38)5)20-10-7-2)27-32(4)43-44-40-30-39(21-11-8-3)42(36-24-18-14-19-25-36)41(31-40)35-22-16-13-17-23-35/h13-14,16-19,22-25,27-31H,6-12,15,20-21,26H2,1-5H3. The Morgan fingerprint density at radius 2 is 1.18 bits per heavy atom. The Bertz CT molecular complexity index is 1510. The molecule has 0 fully saturated rings. The molecule has 0 bridgehead atoms. The lowest BCUT2D eigenvalue weighted by molar-refractivity contribution is 0.665. The molecule has 0 radical (unpaired) electrons. The lowest BCUT2D eigenvalue weighted by atomic mass is 9.88. The van der Waals surface area contributed by atoms with Gasteiger partial charge >= 0.3 is 0 Å². The van der Waals surface area contributed by atoms with E-state index < -0.39 is 0 Å². The normalized spacial score (nSPS) is 11.9. The van der Waals surface area contributed by atoms with E-state index in [1.807, 2.05) is 0 Å². The lowest BCUT2D eigenvalue weighted by Crippen LogP contribution is -1.98. The predicted molar refractivity (Wildman–Crippen MR) is 192 cm³/mol. The molecule has 0 saturated heterocycles. The van der Waals surface area contributed by atoms with Crippen molar-refractivity contribution in [2.75, 3.05) is 0 Å². The third-order valence-corrected chi connectivity index (χ3v) is 8.59. The highest BCUT2D eigenvalue weighted by Crippen LogP contribution is 2.39. The molecular weight excluding hydrogens is 532 g/mol. The molecule has 2 nitrogen and oxygen atoms in total. The van der Waals surface area contributed by atoms with Crippen LogP contribution in [0.25, 0.3) is 28.3 Å². The molecule has 0 N–H and O–H groups in total. The zero-order valence-electron chi connectivity index (χ0n) is 27.8. The molecule has 0 aliphatic rings. The van der Waals surface area contributed by atoms with Gasteiger partial charge in [-0.2, -0.15) is 10.2 Å². The zero-order valence-corrected chi connectivity index (χ0v) is 27.8. The van der Waals surface area contributed by atoms with Gasteiger partial charge in [-0.25, -0.2) is 0 Å². The van der Waals surface area contributed by atoms with Crippen LogP contribution in [-0.2, 0) is 19.3 Å². The Labute approximate surface area is 267 Å². The highest BCUT2D eigenvalue weighted by Gasteiger charge is 2.15. The van der Waals surface area contributed by atoms with E-state index in [9.17, 15) is 0 Å². The van der Waals surface area contributed by atoms with Gasteiger partial charge in [-0.1, -0.05) is 126 Å². The quantitative estimate of drug-likeness (QED) is 0.0924. The van der Waals surface area contributed by atoms with Crippen LogP contribution in [0.5, 0.6) is 0 Å². The van der Waals surface area contributed by atoms with Gasteiger partial charge in [0.1, 0.15) is 0 Å². The summed E-state index contributed by atoms with van der Waals surface area (Å²) in [6, 6.07) is 30.7. The van der Waals surface area contributed by atoms with Crippen molar-refractivity contribution in [2.45, 2.75) is 105 Å². The van der Waals surface area contributed by atoms with Crippen molar-refractivity contribution in [1.82, 2.24) is 0 Å². The average molecular weight is 585 g/mol. The van der Waals surface area contributed by atoms with E-state index in [-0.39, 0.29) is 0 Å². The van der Waals surface area contributed by atoms with Gasteiger partial charge in [0.05, 0.1) is 11.4 Å². The number of hydrogen-bond donors (Lipinski definition) is 0. The maximum atomic E-state index is 4.83. The molecule has 2 heteroatoms. The molecule has 44 heavy (non-hydrogen) atoms. The largest absolute Gasteiger partial charge is 0.155 e. The molecule has 0 heterocycles. The van der Waals surface area contributed by atoms with Gasteiger partial charge < -0.3 is 0 Å². The van der Waals surface area contributed by atoms with Crippen molar-refractivity contribution >= 4 is 11.8 Å². The topological polar surface area (TPSA) is 24.7 Å². The van der Waals surface area contributed by atoms with E-state index in [0.717, 1.165) is 43.5 Å². The monoisotopic (exact) mass is 584 g/mol. The van der Waals surface area contributed by atoms with Gasteiger partial charge in [-0.05, 0) is 121 Å². The second-order valence-electron chi connectivity index (χ2n) is 12.2. The Hall–Kier alpha value is -3.78. The molecule has 0 amide bonds. The fourth-order valence-corrected chi connectivity index (χ4v) is 6.08. The first kappa shape index (κ1) is 33.1. The van der Waals surface area contributed by atoms with Crippen molar-refractivity contribution in [1.29, 1.82) is 0 Å². The van der Waals surface area contributed by atoms with Crippen LogP contribution in [0.2, 0.25) is 0 Å². The van der Waals surface area contributed by atoms with Gasteiger partial charge in [0.2, 0.25) is 0 Å². The fourth-order valence-electron chi connectivity index (χ4n) is 6.08. The van der Waals surface area contributed by atoms with Gasteiger partial charge in [0, 0.05) is 0 Å². The number of benzene rings is 4. The molecule has 0 aromatic heterocycles. The number of azo groups is 1. The highest BCUT2D eigenvalue weighted by molar-refractivity contribution is 5.88. The first-order valence-corrected chi connectivity index (χ1v) is 17.0. The van der Waals surface area contributed by atoms with Gasteiger partial charge in [0.25, 0.3) is 0 Å². The maximum Gasteiger partial charge on any atom is 0.0866 e. The minimum absolute atomic E-state index is 0.909. The van der Waals surface area contributed by atoms with Crippen molar-refractivity contribution in [3.63, 3.8) is 0 Å². The zero-order chi connectivity index (χ0) is 31.1. The first-order valence-electron chi connectivity index (χ1n) is 17.0. The van der Waals surface area contributed by atoms with Crippen LogP contribution < -0.4 is 0 Å². The third-order valence-electron chi connectivity index (χ3n) is 8.59. The van der Waals surface area contributed by atoms with Gasteiger partial charge in [-0.15, -0.1) is 0 Å². The summed E-state index contributed by atoms with van der Waals surface area (Å²) >= 11 is 0. The molecule has 0 aliphatic carbocycles. The summed E-state index contributed by atoms with van der Waals surface area (Å²) < 4.78 is 0. The number of rotatable bonds is 16. The van der Waals surface area contributed by atoms with Crippen molar-refractivity contribution in [3.8, 4) is 22.3 Å². The molecule has 0 atom stereocenters. The van der Waals surface area contributed by atoms with Crippen LogP contribution in [0.1, 0.15) is 107 Å². The minimum atomic E-state index is 0.909. The van der Waals surface area contributed by atoms with Gasteiger partial charge in [0.15, 0.2) is 0 Å². The summed E-state index contributed by atoms with van der Waals surface area (Å²) in [6.45, 7) is 11.2. The Kier molecular flexibility index (Phi) is 13.2. The summed E-state index contributed by atoms with van der Waals surface area (Å²) in [5.41, 5.74) is 13.9. The summed E-state index contributed by atoms with van der Waals surface area (Å²) in [6.07, 6.45) is 15.4. The van der Waals surface area contributed by atoms with Gasteiger partial charge in [-0.3, -0.25) is 0 Å². The first-order chi connectivity index (χ1) is 21.5. The summed E-state index contributed by atoms with van der Waals surface area (Å²) in [5, 5.41) is 9.60. The second-order valence-corrected chi connectivity index (χ2v) is 12.2. The van der Waals surface area contributed by atoms with Crippen LogP contribution in [-0.4, -0.2) is 0 Å². The lowest BCUT2D eigenvalue weighted by Gasteiger charge is -2.17. The summed E-state index contributed by atoms with van der Waals surface area (Å²) in [4.78, 5) is 0. The Morgan fingerprint density at radius 1 is 0.614 bits per heavy atom. The van der Waals surface area contributed by atoms with E-state index >= 15 is 0 Å². The third kappa shape index (κ3) is 9.36. The number of nitrogens with zero attached hydrogens (tertiary/aromatic N) is 2. The number of allylic oxidation sites excluding steroid dienone is 1. The number of aryl methyl sites for hydroxylation is 3. The molecule has 0 aliphatic heterocycles. The Morgan fingerprint density at radius 3 is 1.80 bits per heavy atom. The van der Waals surface area contributed by atoms with Crippen LogP contribution in [0.4, 0.5) is 5.69 Å². The molecule has 0 saturated carbocycles. The van der Waals surface area contributed by atoms with E-state index in [2.05, 4.69) is 126 Å². The molecule has 4 aromatic rings. The SMILES string of the molecule is CCCCCCc1cc(C=C(C)N=Nc2cc(CCCC)c(-c3ccccc3)c(-c3ccccc3)c2)cc(CCCC)c1C. The highest BCUT2D eigenvalue weighted by atomic mass is 15.1. The molecular formula is C42H52N2. The maximum absolute atomic E-state index is 4.83. The number of unbranched alkanes of at least 4 members (excludes halogenated alkanes) is 5. The molecule has 0 unspecified atom stereocenters. The molecule has 4 rings (SSSR count). The van der Waals surface area contributed by atoms with Crippen LogP contribution >= 0.6 is 0 Å². The van der Waals surface area contributed by atoms with Crippen molar-refractivity contribution in [2.24, 2.45) is 10.2 Å². The average Bonchev–Trinajstić information content (AvgIpc) is 3.05. The van der Waals surface area contributed by atoms with Crippen LogP contribution in [0, 0.1) is 6.92 Å². The summed E-state index contributed by atoms with van der Waals surface area (Å²) in [5.74, 6) is 0. The van der Waals surface area contributed by atoms with Crippen molar-refractivity contribution in [3.05, 3.63) is 118 Å². The summed E-state index contributed by atoms with van der Waals surface area (Å²) in [7, 11) is 0. The van der Waals surface area contributed by atoms with E-state index in [1.165, 1.54) is 88.6 Å². The smallest absolute Gasteiger partial charge is 0.0866 e. The Balaban J connectivity index is 1.71.